The van der Waals surface area contributed by atoms with E-state index in [1.165, 1.54) is 0 Å². The Kier molecular flexibility index (Phi) is 3.96. The van der Waals surface area contributed by atoms with Gasteiger partial charge in [0.25, 0.3) is 5.69 Å². The number of fused-ring (bicyclic) bond motifs is 9. The summed E-state index contributed by atoms with van der Waals surface area (Å²) in [5.74, 6) is 0.728. The number of nitro benzene ring substituents is 1. The average molecular weight is 458 g/mol. The second kappa shape index (κ2) is 7.07. The van der Waals surface area contributed by atoms with Gasteiger partial charge in [-0.3, -0.25) is 20.1 Å². The summed E-state index contributed by atoms with van der Waals surface area (Å²) >= 11 is 0. The lowest BCUT2D eigenvalue weighted by Crippen LogP contribution is -1.93. The van der Waals surface area contributed by atoms with Gasteiger partial charge in [0.15, 0.2) is 0 Å². The van der Waals surface area contributed by atoms with Gasteiger partial charge in [0, 0.05) is 69.2 Å². The van der Waals surface area contributed by atoms with Crippen molar-refractivity contribution in [3.63, 3.8) is 0 Å². The third kappa shape index (κ3) is 2.70. The van der Waals surface area contributed by atoms with E-state index in [0.29, 0.717) is 0 Å². The molecule has 0 bridgehead atoms. The normalized spacial score (nSPS) is 11.9. The summed E-state index contributed by atoms with van der Waals surface area (Å²) in [4.78, 5) is 28.7. The highest BCUT2D eigenvalue weighted by molar-refractivity contribution is 6.21. The molecule has 0 amide bonds. The molecule has 0 aliphatic rings. The van der Waals surface area contributed by atoms with Crippen LogP contribution < -0.4 is 0 Å². The third-order valence-corrected chi connectivity index (χ3v) is 6.72. The van der Waals surface area contributed by atoms with Crippen LogP contribution in [-0.2, 0) is 6.54 Å². The number of hydrogen-bond donors (Lipinski definition) is 1. The third-order valence-electron chi connectivity index (χ3n) is 6.72. The van der Waals surface area contributed by atoms with Crippen LogP contribution in [0, 0.1) is 10.1 Å². The number of nitrogens with one attached hydrogen (secondary N) is 1. The van der Waals surface area contributed by atoms with Gasteiger partial charge < -0.3 is 9.55 Å². The molecule has 0 aliphatic carbocycles. The highest BCUT2D eigenvalue weighted by Gasteiger charge is 2.18. The van der Waals surface area contributed by atoms with Crippen molar-refractivity contribution >= 4 is 60.3 Å². The molecule has 8 heteroatoms. The first-order chi connectivity index (χ1) is 17.1. The van der Waals surface area contributed by atoms with E-state index in [2.05, 4.69) is 38.6 Å². The number of aromatic nitrogens is 5. The topological polar surface area (TPSA) is 103 Å². The molecule has 1 N–H and O–H groups in total. The van der Waals surface area contributed by atoms with E-state index in [0.717, 1.165) is 72.6 Å². The van der Waals surface area contributed by atoms with Crippen LogP contribution in [0.2, 0.25) is 0 Å². The molecular weight excluding hydrogens is 440 g/mol. The fourth-order valence-corrected chi connectivity index (χ4v) is 5.17. The van der Waals surface area contributed by atoms with E-state index in [-0.39, 0.29) is 10.6 Å². The average Bonchev–Trinajstić information content (AvgIpc) is 3.48. The van der Waals surface area contributed by atoms with E-state index >= 15 is 0 Å². The monoisotopic (exact) mass is 458 g/mol. The minimum Gasteiger partial charge on any atom is -0.341 e. The number of H-pyrrole nitrogens is 1. The Bertz CT molecular complexity index is 1910. The number of rotatable bonds is 3. The van der Waals surface area contributed by atoms with Crippen molar-refractivity contribution < 1.29 is 4.92 Å². The molecule has 3 aromatic carbocycles. The summed E-state index contributed by atoms with van der Waals surface area (Å²) in [6.07, 6.45) is 3.54. The fourth-order valence-electron chi connectivity index (χ4n) is 5.17. The van der Waals surface area contributed by atoms with E-state index < -0.39 is 0 Å². The maximum Gasteiger partial charge on any atom is 0.270 e. The van der Waals surface area contributed by atoms with Gasteiger partial charge >= 0.3 is 0 Å². The molecule has 0 spiro atoms. The highest BCUT2D eigenvalue weighted by atomic mass is 16.6. The first-order valence-electron chi connectivity index (χ1n) is 11.4. The molecule has 0 unspecified atom stereocenters. The molecule has 0 aliphatic heterocycles. The number of pyridine rings is 2. The number of nitro groups is 1. The Hall–Kier alpha value is -4.85. The largest absolute Gasteiger partial charge is 0.341 e. The predicted octanol–water partition coefficient (Wildman–Crippen LogP) is 6.36. The molecule has 7 rings (SSSR count). The molecule has 0 atom stereocenters. The van der Waals surface area contributed by atoms with Crippen LogP contribution in [0.25, 0.3) is 66.0 Å². The maximum absolute atomic E-state index is 11.4. The van der Waals surface area contributed by atoms with Crippen molar-refractivity contribution in [3.8, 4) is 11.4 Å². The van der Waals surface area contributed by atoms with Crippen molar-refractivity contribution in [2.45, 2.75) is 13.5 Å². The molecule has 4 aromatic heterocycles. The van der Waals surface area contributed by atoms with Crippen LogP contribution in [0.5, 0.6) is 0 Å². The number of aryl methyl sites for hydroxylation is 1. The number of nitrogens with zero attached hydrogens (tertiary/aromatic N) is 5. The fraction of sp³-hybridized carbons (Fsp3) is 0.0741. The number of imidazole rings is 1. The first kappa shape index (κ1) is 19.6. The zero-order chi connectivity index (χ0) is 23.7. The zero-order valence-electron chi connectivity index (χ0n) is 18.7. The van der Waals surface area contributed by atoms with Crippen LogP contribution in [0.1, 0.15) is 6.92 Å². The molecule has 0 fully saturated rings. The standard InChI is InChI=1S/C27H18N6O2/c1-2-32-21-9-7-15(13-19(21)20-14-16(33(34)35)8-10-22(20)32)27-30-25-17-5-3-11-28-23(17)24-18(26(25)31-27)6-4-12-29-24/h3-14H,2H2,1H3,(H,30,31). The summed E-state index contributed by atoms with van der Waals surface area (Å²) in [5, 5.41) is 15.2. The van der Waals surface area contributed by atoms with E-state index in [1.54, 1.807) is 24.5 Å². The van der Waals surface area contributed by atoms with Crippen LogP contribution in [0.15, 0.2) is 73.1 Å². The highest BCUT2D eigenvalue weighted by Crippen LogP contribution is 2.36. The van der Waals surface area contributed by atoms with Crippen molar-refractivity contribution in [3.05, 3.63) is 83.2 Å². The lowest BCUT2D eigenvalue weighted by molar-refractivity contribution is -0.384. The summed E-state index contributed by atoms with van der Waals surface area (Å²) in [7, 11) is 0. The summed E-state index contributed by atoms with van der Waals surface area (Å²) < 4.78 is 2.18. The van der Waals surface area contributed by atoms with E-state index in [1.807, 2.05) is 36.4 Å². The van der Waals surface area contributed by atoms with Crippen LogP contribution in [0.4, 0.5) is 5.69 Å². The maximum atomic E-state index is 11.4. The van der Waals surface area contributed by atoms with Gasteiger partial charge in [-0.1, -0.05) is 0 Å². The predicted molar refractivity (Wildman–Crippen MR) is 137 cm³/mol. The molecule has 7 aromatic rings. The van der Waals surface area contributed by atoms with Gasteiger partial charge in [-0.15, -0.1) is 0 Å². The summed E-state index contributed by atoms with van der Waals surface area (Å²) in [6.45, 7) is 2.84. The van der Waals surface area contributed by atoms with Crippen LogP contribution >= 0.6 is 0 Å². The lowest BCUT2D eigenvalue weighted by atomic mass is 10.1. The Labute approximate surface area is 198 Å². The van der Waals surface area contributed by atoms with Gasteiger partial charge in [-0.25, -0.2) is 4.98 Å². The molecule has 4 heterocycles. The first-order valence-corrected chi connectivity index (χ1v) is 11.4. The Morgan fingerprint density at radius 2 is 1.54 bits per heavy atom. The Morgan fingerprint density at radius 3 is 2.29 bits per heavy atom. The molecule has 8 nitrogen and oxygen atoms in total. The Balaban J connectivity index is 1.53. The zero-order valence-corrected chi connectivity index (χ0v) is 18.7. The second-order valence-corrected chi connectivity index (χ2v) is 8.54. The SMILES string of the molecule is CCn1c2ccc(-c3nc4c5cccnc5c5ncccc5c4[nH]3)cc2c2cc([N+](=O)[O-])ccc21. The van der Waals surface area contributed by atoms with Crippen molar-refractivity contribution in [1.82, 2.24) is 24.5 Å². The van der Waals surface area contributed by atoms with Gasteiger partial charge in [-0.2, -0.15) is 0 Å². The second-order valence-electron chi connectivity index (χ2n) is 8.54. The smallest absolute Gasteiger partial charge is 0.270 e. The van der Waals surface area contributed by atoms with Gasteiger partial charge in [0.1, 0.15) is 5.82 Å². The van der Waals surface area contributed by atoms with Gasteiger partial charge in [0.05, 0.1) is 27.0 Å². The quantitative estimate of drug-likeness (QED) is 0.188. The molecular formula is C27H18N6O2. The van der Waals surface area contributed by atoms with Gasteiger partial charge in [-0.05, 0) is 55.5 Å². The number of benzene rings is 3. The minimum atomic E-state index is -0.351. The number of aromatic amines is 1. The number of non-ortho nitro benzene ring substituents is 1. The molecule has 0 radical (unpaired) electrons. The summed E-state index contributed by atoms with van der Waals surface area (Å²) in [5.41, 5.74) is 6.41. The van der Waals surface area contributed by atoms with Gasteiger partial charge in [0.2, 0.25) is 0 Å². The summed E-state index contributed by atoms with van der Waals surface area (Å²) in [6, 6.07) is 19.1. The van der Waals surface area contributed by atoms with E-state index in [4.69, 9.17) is 4.98 Å². The van der Waals surface area contributed by atoms with Crippen molar-refractivity contribution in [1.29, 1.82) is 0 Å². The molecule has 0 saturated heterocycles. The number of hydrogen-bond acceptors (Lipinski definition) is 5. The van der Waals surface area contributed by atoms with Crippen molar-refractivity contribution in [2.24, 2.45) is 0 Å². The molecule has 168 valence electrons. The lowest BCUT2D eigenvalue weighted by Gasteiger charge is -2.03. The molecule has 35 heavy (non-hydrogen) atoms. The van der Waals surface area contributed by atoms with E-state index in [9.17, 15) is 10.1 Å². The Morgan fingerprint density at radius 1 is 0.857 bits per heavy atom. The minimum absolute atomic E-state index is 0.0831. The van der Waals surface area contributed by atoms with Crippen LogP contribution in [0.3, 0.4) is 0 Å². The van der Waals surface area contributed by atoms with Crippen LogP contribution in [-0.4, -0.2) is 29.4 Å². The van der Waals surface area contributed by atoms with Crippen molar-refractivity contribution in [2.75, 3.05) is 0 Å². The molecule has 0 saturated carbocycles.